The van der Waals surface area contributed by atoms with Crippen molar-refractivity contribution in [2.45, 2.75) is 58.3 Å². The SMILES string of the molecule is CCCCCCCCCCNC=Cc1ccccc1. The Morgan fingerprint density at radius 1 is 0.842 bits per heavy atom. The molecule has 0 aromatic heterocycles. The minimum Gasteiger partial charge on any atom is -0.391 e. The van der Waals surface area contributed by atoms with Crippen LogP contribution in [0.3, 0.4) is 0 Å². The van der Waals surface area contributed by atoms with E-state index in [1.54, 1.807) is 0 Å². The molecule has 0 aliphatic carbocycles. The van der Waals surface area contributed by atoms with Crippen LogP contribution in [0.5, 0.6) is 0 Å². The second kappa shape index (κ2) is 11.8. The first-order chi connectivity index (χ1) is 9.43. The van der Waals surface area contributed by atoms with Crippen molar-refractivity contribution in [2.75, 3.05) is 6.54 Å². The van der Waals surface area contributed by atoms with Gasteiger partial charge in [0.15, 0.2) is 0 Å². The Hall–Kier alpha value is -1.24. The fraction of sp³-hybridized carbons (Fsp3) is 0.556. The Balaban J connectivity index is 1.87. The fourth-order valence-electron chi connectivity index (χ4n) is 2.16. The summed E-state index contributed by atoms with van der Waals surface area (Å²) in [7, 11) is 0. The van der Waals surface area contributed by atoms with E-state index in [0.717, 1.165) is 6.54 Å². The van der Waals surface area contributed by atoms with Crippen LogP contribution in [0.25, 0.3) is 6.08 Å². The molecule has 0 aliphatic rings. The van der Waals surface area contributed by atoms with Crippen molar-refractivity contribution in [1.29, 1.82) is 0 Å². The number of unbranched alkanes of at least 4 members (excludes halogenated alkanes) is 7. The molecule has 0 saturated carbocycles. The second-order valence-corrected chi connectivity index (χ2v) is 5.17. The van der Waals surface area contributed by atoms with Crippen molar-refractivity contribution in [3.05, 3.63) is 42.1 Å². The Morgan fingerprint density at radius 3 is 2.16 bits per heavy atom. The van der Waals surface area contributed by atoms with Crippen molar-refractivity contribution in [3.63, 3.8) is 0 Å². The van der Waals surface area contributed by atoms with Gasteiger partial charge in [-0.25, -0.2) is 0 Å². The van der Waals surface area contributed by atoms with Gasteiger partial charge >= 0.3 is 0 Å². The van der Waals surface area contributed by atoms with E-state index < -0.39 is 0 Å². The lowest BCUT2D eigenvalue weighted by Crippen LogP contribution is -2.06. The molecule has 1 N–H and O–H groups in total. The summed E-state index contributed by atoms with van der Waals surface area (Å²) in [6.07, 6.45) is 15.3. The van der Waals surface area contributed by atoms with E-state index in [4.69, 9.17) is 0 Å². The molecular formula is C18H29N. The molecule has 0 amide bonds. The average molecular weight is 259 g/mol. The minimum absolute atomic E-state index is 1.10. The van der Waals surface area contributed by atoms with E-state index in [9.17, 15) is 0 Å². The highest BCUT2D eigenvalue weighted by molar-refractivity contribution is 5.48. The zero-order chi connectivity index (χ0) is 13.6. The molecule has 0 radical (unpaired) electrons. The number of rotatable bonds is 11. The van der Waals surface area contributed by atoms with E-state index in [1.807, 2.05) is 6.07 Å². The van der Waals surface area contributed by atoms with Gasteiger partial charge in [-0.2, -0.15) is 0 Å². The van der Waals surface area contributed by atoms with Crippen molar-refractivity contribution in [2.24, 2.45) is 0 Å². The van der Waals surface area contributed by atoms with Crippen LogP contribution in [-0.2, 0) is 0 Å². The van der Waals surface area contributed by atoms with Crippen LogP contribution >= 0.6 is 0 Å². The molecule has 0 unspecified atom stereocenters. The molecule has 106 valence electrons. The van der Waals surface area contributed by atoms with E-state index >= 15 is 0 Å². The van der Waals surface area contributed by atoms with Crippen molar-refractivity contribution in [3.8, 4) is 0 Å². The summed E-state index contributed by atoms with van der Waals surface area (Å²) >= 11 is 0. The molecule has 1 heteroatoms. The maximum absolute atomic E-state index is 3.36. The molecule has 1 nitrogen and oxygen atoms in total. The van der Waals surface area contributed by atoms with Gasteiger partial charge in [0.25, 0.3) is 0 Å². The third-order valence-electron chi connectivity index (χ3n) is 3.37. The zero-order valence-electron chi connectivity index (χ0n) is 12.4. The highest BCUT2D eigenvalue weighted by atomic mass is 14.8. The van der Waals surface area contributed by atoms with Crippen molar-refractivity contribution in [1.82, 2.24) is 5.32 Å². The van der Waals surface area contributed by atoms with Gasteiger partial charge in [-0.3, -0.25) is 0 Å². The Bertz CT molecular complexity index is 316. The molecule has 1 aromatic carbocycles. The molecule has 1 aromatic rings. The predicted octanol–water partition coefficient (Wildman–Crippen LogP) is 5.39. The van der Waals surface area contributed by atoms with Crippen LogP contribution in [0.2, 0.25) is 0 Å². The van der Waals surface area contributed by atoms with Gasteiger partial charge in [-0.05, 0) is 24.3 Å². The number of benzene rings is 1. The highest BCUT2D eigenvalue weighted by Crippen LogP contribution is 2.07. The summed E-state index contributed by atoms with van der Waals surface area (Å²) in [6, 6.07) is 10.4. The van der Waals surface area contributed by atoms with E-state index in [0.29, 0.717) is 0 Å². The number of hydrogen-bond donors (Lipinski definition) is 1. The lowest BCUT2D eigenvalue weighted by atomic mass is 10.1. The maximum atomic E-state index is 3.36. The topological polar surface area (TPSA) is 12.0 Å². The smallest absolute Gasteiger partial charge is 0.0141 e. The monoisotopic (exact) mass is 259 g/mol. The predicted molar refractivity (Wildman–Crippen MR) is 86.1 cm³/mol. The highest BCUT2D eigenvalue weighted by Gasteiger charge is 1.90. The molecule has 0 saturated heterocycles. The minimum atomic E-state index is 1.10. The van der Waals surface area contributed by atoms with Crippen LogP contribution in [0.4, 0.5) is 0 Å². The summed E-state index contributed by atoms with van der Waals surface area (Å²) < 4.78 is 0. The summed E-state index contributed by atoms with van der Waals surface area (Å²) in [5.41, 5.74) is 1.26. The van der Waals surface area contributed by atoms with Gasteiger partial charge in [0.1, 0.15) is 0 Å². The van der Waals surface area contributed by atoms with Gasteiger partial charge in [0.05, 0.1) is 0 Å². The van der Waals surface area contributed by atoms with Gasteiger partial charge in [-0.15, -0.1) is 0 Å². The first-order valence-electron chi connectivity index (χ1n) is 7.88. The fourth-order valence-corrected chi connectivity index (χ4v) is 2.16. The summed E-state index contributed by atoms with van der Waals surface area (Å²) in [4.78, 5) is 0. The molecule has 0 bridgehead atoms. The molecule has 0 aliphatic heterocycles. The van der Waals surface area contributed by atoms with Gasteiger partial charge in [0, 0.05) is 6.54 Å². The Labute approximate surface area is 119 Å². The number of nitrogens with one attached hydrogen (secondary N) is 1. The zero-order valence-corrected chi connectivity index (χ0v) is 12.4. The maximum Gasteiger partial charge on any atom is 0.0141 e. The Morgan fingerprint density at radius 2 is 1.47 bits per heavy atom. The van der Waals surface area contributed by atoms with Crippen molar-refractivity contribution >= 4 is 6.08 Å². The van der Waals surface area contributed by atoms with Crippen LogP contribution in [-0.4, -0.2) is 6.54 Å². The van der Waals surface area contributed by atoms with Crippen LogP contribution in [0.1, 0.15) is 63.9 Å². The van der Waals surface area contributed by atoms with Crippen molar-refractivity contribution < 1.29 is 0 Å². The molecule has 0 spiro atoms. The van der Waals surface area contributed by atoms with Gasteiger partial charge in [-0.1, -0.05) is 82.2 Å². The first-order valence-corrected chi connectivity index (χ1v) is 7.88. The van der Waals surface area contributed by atoms with Gasteiger partial charge in [0.2, 0.25) is 0 Å². The average Bonchev–Trinajstić information content (AvgIpc) is 2.46. The van der Waals surface area contributed by atoms with E-state index in [1.165, 1.54) is 56.9 Å². The summed E-state index contributed by atoms with van der Waals surface area (Å²) in [5.74, 6) is 0. The lowest BCUT2D eigenvalue weighted by molar-refractivity contribution is 0.571. The normalized spacial score (nSPS) is 11.0. The Kier molecular flexibility index (Phi) is 9.85. The van der Waals surface area contributed by atoms with Crippen LogP contribution in [0.15, 0.2) is 36.5 Å². The quantitative estimate of drug-likeness (QED) is 0.525. The summed E-state index contributed by atoms with van der Waals surface area (Å²) in [6.45, 7) is 3.37. The third kappa shape index (κ3) is 9.35. The van der Waals surface area contributed by atoms with Crippen LogP contribution in [0, 0.1) is 0 Å². The molecule has 0 atom stereocenters. The first kappa shape index (κ1) is 15.8. The third-order valence-corrected chi connectivity index (χ3v) is 3.37. The summed E-state index contributed by atoms with van der Waals surface area (Å²) in [5, 5.41) is 3.36. The molecular weight excluding hydrogens is 230 g/mol. The van der Waals surface area contributed by atoms with Gasteiger partial charge < -0.3 is 5.32 Å². The molecule has 0 heterocycles. The van der Waals surface area contributed by atoms with E-state index in [-0.39, 0.29) is 0 Å². The molecule has 1 rings (SSSR count). The lowest BCUT2D eigenvalue weighted by Gasteiger charge is -2.02. The molecule has 19 heavy (non-hydrogen) atoms. The molecule has 0 fully saturated rings. The second-order valence-electron chi connectivity index (χ2n) is 5.17. The standard InChI is InChI=1S/C18H29N/c1-2-3-4-5-6-7-8-12-16-19-17-15-18-13-10-9-11-14-18/h9-11,13-15,17,19H,2-8,12,16H2,1H3. The largest absolute Gasteiger partial charge is 0.391 e. The number of hydrogen-bond acceptors (Lipinski definition) is 1. The van der Waals surface area contributed by atoms with E-state index in [2.05, 4.69) is 48.8 Å². The van der Waals surface area contributed by atoms with Crippen LogP contribution < -0.4 is 5.32 Å².